The van der Waals surface area contributed by atoms with E-state index in [1.807, 2.05) is 12.1 Å². The van der Waals surface area contributed by atoms with Crippen LogP contribution in [0.2, 0.25) is 0 Å². The maximum Gasteiger partial charge on any atom is 0.354 e. The molecule has 2 aromatic heterocycles. The molecule has 2 heterocycles. The quantitative estimate of drug-likeness (QED) is 0.568. The fraction of sp³-hybridized carbons (Fsp3) is 0.400. The molecular formula is C20H19NO3. The highest BCUT2D eigenvalue weighted by Gasteiger charge is 2.26. The molecule has 0 saturated carbocycles. The largest absolute Gasteiger partial charge is 0.461 e. The number of furan rings is 1. The molecule has 4 heteroatoms. The van der Waals surface area contributed by atoms with Gasteiger partial charge in [0.1, 0.15) is 28.6 Å². The van der Waals surface area contributed by atoms with Crippen LogP contribution in [0.1, 0.15) is 56.1 Å². The second-order valence-electron chi connectivity index (χ2n) is 7.56. The first-order chi connectivity index (χ1) is 11.4. The lowest BCUT2D eigenvalue weighted by Gasteiger charge is -2.20. The third kappa shape index (κ3) is 2.08. The smallest absolute Gasteiger partial charge is 0.354 e. The van der Waals surface area contributed by atoms with Crippen LogP contribution < -0.4 is 5.63 Å². The van der Waals surface area contributed by atoms with E-state index in [0.29, 0.717) is 5.58 Å². The highest BCUT2D eigenvalue weighted by atomic mass is 16.4. The topological polar surface area (TPSA) is 67.1 Å². The Morgan fingerprint density at radius 3 is 2.58 bits per heavy atom. The Balaban J connectivity index is 2.24. The number of fused-ring (bicyclic) bond motifs is 5. The van der Waals surface area contributed by atoms with Gasteiger partial charge in [-0.25, -0.2) is 4.79 Å². The summed E-state index contributed by atoms with van der Waals surface area (Å²) in [5.74, 6) is 1.04. The van der Waals surface area contributed by atoms with Crippen molar-refractivity contribution >= 4 is 21.9 Å². The Morgan fingerprint density at radius 2 is 1.88 bits per heavy atom. The first-order valence-corrected chi connectivity index (χ1v) is 8.36. The van der Waals surface area contributed by atoms with Crippen molar-refractivity contribution in [3.63, 3.8) is 0 Å². The average molecular weight is 321 g/mol. The van der Waals surface area contributed by atoms with E-state index < -0.39 is 5.63 Å². The lowest BCUT2D eigenvalue weighted by molar-refractivity contribution is 0.503. The lowest BCUT2D eigenvalue weighted by Crippen LogP contribution is -2.14. The molecule has 0 spiro atoms. The molecule has 4 nitrogen and oxygen atoms in total. The van der Waals surface area contributed by atoms with Crippen LogP contribution in [0.15, 0.2) is 25.8 Å². The summed E-state index contributed by atoms with van der Waals surface area (Å²) < 4.78 is 11.7. The highest BCUT2D eigenvalue weighted by molar-refractivity contribution is 6.08. The third-order valence-corrected chi connectivity index (χ3v) is 4.86. The summed E-state index contributed by atoms with van der Waals surface area (Å²) in [7, 11) is 0. The normalized spacial score (nSPS) is 14.8. The second kappa shape index (κ2) is 4.98. The summed E-state index contributed by atoms with van der Waals surface area (Å²) in [4.78, 5) is 12.1. The van der Waals surface area contributed by atoms with Gasteiger partial charge in [0.15, 0.2) is 0 Å². The Labute approximate surface area is 139 Å². The Bertz CT molecular complexity index is 1070. The first-order valence-electron chi connectivity index (χ1n) is 8.36. The van der Waals surface area contributed by atoms with Gasteiger partial charge in [0, 0.05) is 28.3 Å². The van der Waals surface area contributed by atoms with Gasteiger partial charge in [0.25, 0.3) is 0 Å². The summed E-state index contributed by atoms with van der Waals surface area (Å²) in [5, 5.41) is 11.1. The number of nitriles is 1. The number of rotatable bonds is 0. The van der Waals surface area contributed by atoms with E-state index in [4.69, 9.17) is 8.83 Å². The Hall–Kier alpha value is -2.54. The van der Waals surface area contributed by atoms with Gasteiger partial charge < -0.3 is 8.83 Å². The lowest BCUT2D eigenvalue weighted by atomic mass is 9.84. The van der Waals surface area contributed by atoms with Crippen molar-refractivity contribution in [2.45, 2.75) is 51.9 Å². The number of hydrogen-bond acceptors (Lipinski definition) is 4. The predicted molar refractivity (Wildman–Crippen MR) is 92.3 cm³/mol. The molecule has 0 fully saturated rings. The van der Waals surface area contributed by atoms with Crippen molar-refractivity contribution in [1.29, 1.82) is 5.26 Å². The second-order valence-corrected chi connectivity index (χ2v) is 7.56. The van der Waals surface area contributed by atoms with E-state index in [1.165, 1.54) is 5.56 Å². The Kier molecular flexibility index (Phi) is 3.11. The van der Waals surface area contributed by atoms with E-state index in [-0.39, 0.29) is 11.0 Å². The van der Waals surface area contributed by atoms with E-state index in [0.717, 1.165) is 53.4 Å². The molecule has 0 aliphatic heterocycles. The van der Waals surface area contributed by atoms with Gasteiger partial charge >= 0.3 is 5.63 Å². The summed E-state index contributed by atoms with van der Waals surface area (Å²) in [6.45, 7) is 6.23. The molecular weight excluding hydrogens is 302 g/mol. The molecule has 4 rings (SSSR count). The van der Waals surface area contributed by atoms with Crippen LogP contribution in [0.5, 0.6) is 0 Å². The minimum atomic E-state index is -0.577. The SMILES string of the molecule is CC(C)(C)c1cc2oc3c(c2c2cc(C#N)c(=O)oc12)CCCC3. The molecule has 0 saturated heterocycles. The minimum absolute atomic E-state index is 0.0422. The summed E-state index contributed by atoms with van der Waals surface area (Å²) in [6.07, 6.45) is 4.17. The van der Waals surface area contributed by atoms with Gasteiger partial charge in [-0.05, 0) is 36.8 Å². The van der Waals surface area contributed by atoms with Crippen molar-refractivity contribution < 1.29 is 8.83 Å². The predicted octanol–water partition coefficient (Wildman–Crippen LogP) is 4.59. The maximum atomic E-state index is 12.1. The van der Waals surface area contributed by atoms with E-state index in [9.17, 15) is 10.1 Å². The highest BCUT2D eigenvalue weighted by Crippen LogP contribution is 2.40. The standard InChI is InChI=1S/C20H19NO3/c1-20(2,3)14-9-16-17(12-6-4-5-7-15(12)23-16)13-8-11(10-21)19(22)24-18(13)14/h8-9H,4-7H2,1-3H3. The molecule has 3 aromatic rings. The van der Waals surface area contributed by atoms with Crippen LogP contribution in [0.25, 0.3) is 21.9 Å². The molecule has 0 amide bonds. The van der Waals surface area contributed by atoms with Crippen LogP contribution in [0.4, 0.5) is 0 Å². The van der Waals surface area contributed by atoms with Crippen molar-refractivity contribution in [1.82, 2.24) is 0 Å². The van der Waals surface area contributed by atoms with Crippen molar-refractivity contribution in [2.75, 3.05) is 0 Å². The summed E-state index contributed by atoms with van der Waals surface area (Å²) >= 11 is 0. The minimum Gasteiger partial charge on any atom is -0.461 e. The molecule has 1 aromatic carbocycles. The average Bonchev–Trinajstić information content (AvgIpc) is 2.91. The molecule has 0 radical (unpaired) electrons. The number of nitrogens with zero attached hydrogens (tertiary/aromatic N) is 1. The zero-order valence-electron chi connectivity index (χ0n) is 14.2. The van der Waals surface area contributed by atoms with Gasteiger partial charge in [-0.2, -0.15) is 5.26 Å². The molecule has 0 N–H and O–H groups in total. The summed E-state index contributed by atoms with van der Waals surface area (Å²) in [6, 6.07) is 5.62. The van der Waals surface area contributed by atoms with Gasteiger partial charge in [-0.3, -0.25) is 0 Å². The van der Waals surface area contributed by atoms with Gasteiger partial charge in [0.2, 0.25) is 0 Å². The van der Waals surface area contributed by atoms with E-state index in [2.05, 4.69) is 20.8 Å². The first kappa shape index (κ1) is 15.0. The van der Waals surface area contributed by atoms with Gasteiger partial charge in [0.05, 0.1) is 0 Å². The fourth-order valence-corrected chi connectivity index (χ4v) is 3.67. The van der Waals surface area contributed by atoms with Crippen molar-refractivity contribution in [2.24, 2.45) is 0 Å². The zero-order chi connectivity index (χ0) is 17.1. The molecule has 122 valence electrons. The number of hydrogen-bond donors (Lipinski definition) is 0. The van der Waals surface area contributed by atoms with Crippen LogP contribution in [-0.4, -0.2) is 0 Å². The van der Waals surface area contributed by atoms with Gasteiger partial charge in [-0.1, -0.05) is 20.8 Å². The molecule has 1 aliphatic carbocycles. The van der Waals surface area contributed by atoms with Crippen molar-refractivity contribution in [3.8, 4) is 6.07 Å². The van der Waals surface area contributed by atoms with E-state index >= 15 is 0 Å². The third-order valence-electron chi connectivity index (χ3n) is 4.86. The number of aryl methyl sites for hydroxylation is 2. The van der Waals surface area contributed by atoms with Crippen molar-refractivity contribution in [3.05, 3.63) is 45.0 Å². The zero-order valence-corrected chi connectivity index (χ0v) is 14.2. The van der Waals surface area contributed by atoms with Crippen LogP contribution in [0, 0.1) is 11.3 Å². The fourth-order valence-electron chi connectivity index (χ4n) is 3.67. The van der Waals surface area contributed by atoms with E-state index in [1.54, 1.807) is 6.07 Å². The van der Waals surface area contributed by atoms with Crippen LogP contribution in [0.3, 0.4) is 0 Å². The molecule has 0 atom stereocenters. The van der Waals surface area contributed by atoms with Gasteiger partial charge in [-0.15, -0.1) is 0 Å². The molecule has 0 unspecified atom stereocenters. The summed E-state index contributed by atoms with van der Waals surface area (Å²) in [5.41, 5.74) is 2.80. The maximum absolute atomic E-state index is 12.1. The molecule has 1 aliphatic rings. The monoisotopic (exact) mass is 321 g/mol. The molecule has 0 bridgehead atoms. The Morgan fingerprint density at radius 1 is 1.12 bits per heavy atom. The van der Waals surface area contributed by atoms with Crippen LogP contribution in [-0.2, 0) is 18.3 Å². The number of benzene rings is 1. The molecule has 24 heavy (non-hydrogen) atoms. The van der Waals surface area contributed by atoms with Crippen LogP contribution >= 0.6 is 0 Å².